The maximum absolute atomic E-state index is 13.5. The molecule has 3 amide bonds. The maximum atomic E-state index is 13.5. The van der Waals surface area contributed by atoms with E-state index in [4.69, 9.17) is 5.73 Å². The molecule has 0 spiro atoms. The molecule has 0 unspecified atom stereocenters. The van der Waals surface area contributed by atoms with E-state index in [0.717, 1.165) is 46.2 Å². The smallest absolute Gasteiger partial charge is 0.319 e. The van der Waals surface area contributed by atoms with Crippen LogP contribution >= 0.6 is 0 Å². The van der Waals surface area contributed by atoms with Gasteiger partial charge in [-0.2, -0.15) is 0 Å². The number of aromatic amines is 2. The summed E-state index contributed by atoms with van der Waals surface area (Å²) in [5.41, 5.74) is 13.4. The fraction of sp³-hybridized carbons (Fsp3) is 0.280. The molecule has 162 valence electrons. The van der Waals surface area contributed by atoms with Gasteiger partial charge in [0, 0.05) is 52.0 Å². The van der Waals surface area contributed by atoms with Gasteiger partial charge >= 0.3 is 6.03 Å². The van der Waals surface area contributed by atoms with E-state index in [-0.39, 0.29) is 5.91 Å². The minimum absolute atomic E-state index is 0.0302. The highest BCUT2D eigenvalue weighted by molar-refractivity contribution is 6.11. The number of rotatable bonds is 2. The van der Waals surface area contributed by atoms with E-state index in [1.807, 2.05) is 29.2 Å². The van der Waals surface area contributed by atoms with Gasteiger partial charge in [-0.1, -0.05) is 13.8 Å². The van der Waals surface area contributed by atoms with Crippen molar-refractivity contribution in [2.75, 3.05) is 22.9 Å². The summed E-state index contributed by atoms with van der Waals surface area (Å²) in [5, 5.41) is 2.19. The molecule has 0 aliphatic carbocycles. The van der Waals surface area contributed by atoms with Crippen molar-refractivity contribution in [1.29, 1.82) is 0 Å². The Labute approximate surface area is 185 Å². The van der Waals surface area contributed by atoms with Crippen molar-refractivity contribution >= 4 is 45.1 Å². The minimum Gasteiger partial charge on any atom is -0.358 e. The Balaban J connectivity index is 1.38. The number of primary amides is 1. The number of nitrogens with two attached hydrogens (primary N) is 1. The first kappa shape index (κ1) is 19.0. The summed E-state index contributed by atoms with van der Waals surface area (Å²) in [5.74, 6) is 0.396. The number of aromatic nitrogens is 2. The summed E-state index contributed by atoms with van der Waals surface area (Å²) in [6.07, 6.45) is 1.58. The van der Waals surface area contributed by atoms with Crippen LogP contribution in [0.3, 0.4) is 0 Å². The molecule has 2 aliphatic heterocycles. The SMILES string of the molecule is CC(C)c1cc2c3c(ccc2[nH]1)N(C(=O)c1cc2c4c(ccc2[nH]1)N(C(N)=O)CC4)CC3. The van der Waals surface area contributed by atoms with E-state index >= 15 is 0 Å². The Morgan fingerprint density at radius 2 is 1.47 bits per heavy atom. The molecule has 4 aromatic rings. The fourth-order valence-electron chi connectivity index (χ4n) is 5.26. The topological polar surface area (TPSA) is 98.2 Å². The molecule has 2 aromatic heterocycles. The molecule has 7 heteroatoms. The summed E-state index contributed by atoms with van der Waals surface area (Å²) in [7, 11) is 0. The van der Waals surface area contributed by atoms with Gasteiger partial charge in [0.2, 0.25) is 0 Å². The molecule has 7 nitrogen and oxygen atoms in total. The highest BCUT2D eigenvalue weighted by Gasteiger charge is 2.30. The van der Waals surface area contributed by atoms with Crippen LogP contribution in [0.25, 0.3) is 21.8 Å². The second-order valence-electron chi connectivity index (χ2n) is 9.06. The number of anilines is 2. The highest BCUT2D eigenvalue weighted by atomic mass is 16.2. The Kier molecular flexibility index (Phi) is 3.93. The van der Waals surface area contributed by atoms with Crippen LogP contribution in [0, 0.1) is 0 Å². The van der Waals surface area contributed by atoms with Crippen LogP contribution in [-0.4, -0.2) is 35.0 Å². The van der Waals surface area contributed by atoms with Crippen molar-refractivity contribution in [3.8, 4) is 0 Å². The van der Waals surface area contributed by atoms with Gasteiger partial charge in [-0.25, -0.2) is 4.79 Å². The average molecular weight is 428 g/mol. The van der Waals surface area contributed by atoms with Gasteiger partial charge in [0.05, 0.1) is 0 Å². The number of carbonyl (C=O) groups is 2. The van der Waals surface area contributed by atoms with E-state index < -0.39 is 6.03 Å². The second kappa shape index (κ2) is 6.63. The van der Waals surface area contributed by atoms with Crippen LogP contribution in [0.1, 0.15) is 47.1 Å². The van der Waals surface area contributed by atoms with Crippen LogP contribution < -0.4 is 15.5 Å². The molecule has 0 saturated heterocycles. The predicted octanol–water partition coefficient (Wildman–Crippen LogP) is 4.42. The Bertz CT molecular complexity index is 1430. The van der Waals surface area contributed by atoms with Gasteiger partial charge in [0.1, 0.15) is 5.69 Å². The molecule has 32 heavy (non-hydrogen) atoms. The summed E-state index contributed by atoms with van der Waals surface area (Å²) in [4.78, 5) is 35.5. The Hall–Kier alpha value is -3.74. The molecular formula is C25H25N5O2. The largest absolute Gasteiger partial charge is 0.358 e. The van der Waals surface area contributed by atoms with Crippen LogP contribution in [-0.2, 0) is 12.8 Å². The standard InChI is InChI=1S/C25H25N5O2/c1-13(2)20-11-16-14-7-9-29(22(14)5-3-18(16)27-20)24(31)21-12-17-15-8-10-30(25(26)32)23(15)6-4-19(17)28-21/h3-6,11-13,27-28H,7-10H2,1-2H3,(H2,26,32). The zero-order chi connectivity index (χ0) is 22.1. The summed E-state index contributed by atoms with van der Waals surface area (Å²) >= 11 is 0. The van der Waals surface area contributed by atoms with Gasteiger partial charge < -0.3 is 20.6 Å². The number of benzene rings is 2. The molecule has 0 radical (unpaired) electrons. The monoisotopic (exact) mass is 427 g/mol. The number of hydrogen-bond acceptors (Lipinski definition) is 2. The zero-order valence-electron chi connectivity index (χ0n) is 18.2. The van der Waals surface area contributed by atoms with Crippen LogP contribution in [0.2, 0.25) is 0 Å². The average Bonchev–Trinajstić information content (AvgIpc) is 3.54. The molecule has 4 heterocycles. The van der Waals surface area contributed by atoms with Gasteiger partial charge in [0.25, 0.3) is 5.91 Å². The molecule has 0 saturated carbocycles. The van der Waals surface area contributed by atoms with Crippen molar-refractivity contribution in [3.63, 3.8) is 0 Å². The number of fused-ring (bicyclic) bond motifs is 6. The molecular weight excluding hydrogens is 402 g/mol. The number of carbonyl (C=O) groups excluding carboxylic acids is 2. The van der Waals surface area contributed by atoms with Gasteiger partial charge in [-0.3, -0.25) is 9.69 Å². The molecule has 2 aliphatic rings. The molecule has 0 atom stereocenters. The van der Waals surface area contributed by atoms with Crippen molar-refractivity contribution in [3.05, 3.63) is 58.9 Å². The normalized spacial score (nSPS) is 15.2. The summed E-state index contributed by atoms with van der Waals surface area (Å²) in [6.45, 7) is 5.59. The third-order valence-corrected chi connectivity index (χ3v) is 6.92. The lowest BCUT2D eigenvalue weighted by Crippen LogP contribution is -2.33. The lowest BCUT2D eigenvalue weighted by molar-refractivity contribution is 0.0985. The number of H-pyrrole nitrogens is 2. The van der Waals surface area contributed by atoms with Crippen LogP contribution in [0.15, 0.2) is 36.4 Å². The molecule has 0 fully saturated rings. The quantitative estimate of drug-likeness (QED) is 0.441. The fourth-order valence-corrected chi connectivity index (χ4v) is 5.26. The lowest BCUT2D eigenvalue weighted by atomic mass is 10.1. The number of nitrogens with zero attached hydrogens (tertiary/aromatic N) is 2. The first-order valence-corrected chi connectivity index (χ1v) is 11.1. The van der Waals surface area contributed by atoms with Crippen molar-refractivity contribution in [1.82, 2.24) is 9.97 Å². The number of hydrogen-bond donors (Lipinski definition) is 3. The number of nitrogens with one attached hydrogen (secondary N) is 2. The van der Waals surface area contributed by atoms with Gasteiger partial charge in [0.15, 0.2) is 0 Å². The third-order valence-electron chi connectivity index (χ3n) is 6.92. The Morgan fingerprint density at radius 1 is 0.875 bits per heavy atom. The first-order valence-electron chi connectivity index (χ1n) is 11.1. The number of urea groups is 1. The zero-order valence-corrected chi connectivity index (χ0v) is 18.2. The van der Waals surface area contributed by atoms with E-state index in [1.54, 1.807) is 4.90 Å². The molecule has 2 aromatic carbocycles. The lowest BCUT2D eigenvalue weighted by Gasteiger charge is -2.16. The third kappa shape index (κ3) is 2.60. The summed E-state index contributed by atoms with van der Waals surface area (Å²) < 4.78 is 0. The van der Waals surface area contributed by atoms with E-state index in [9.17, 15) is 9.59 Å². The van der Waals surface area contributed by atoms with Crippen molar-refractivity contribution in [2.24, 2.45) is 5.73 Å². The number of amides is 3. The molecule has 6 rings (SSSR count). The Morgan fingerprint density at radius 3 is 2.12 bits per heavy atom. The van der Waals surface area contributed by atoms with Crippen LogP contribution in [0.4, 0.5) is 16.2 Å². The minimum atomic E-state index is -0.444. The van der Waals surface area contributed by atoms with Crippen molar-refractivity contribution in [2.45, 2.75) is 32.6 Å². The predicted molar refractivity (Wildman–Crippen MR) is 127 cm³/mol. The van der Waals surface area contributed by atoms with Crippen molar-refractivity contribution < 1.29 is 9.59 Å². The first-order chi connectivity index (χ1) is 15.4. The molecule has 0 bridgehead atoms. The van der Waals surface area contributed by atoms with E-state index in [0.29, 0.717) is 24.7 Å². The van der Waals surface area contributed by atoms with Gasteiger partial charge in [-0.05, 0) is 66.3 Å². The van der Waals surface area contributed by atoms with E-state index in [2.05, 4.69) is 35.9 Å². The van der Waals surface area contributed by atoms with Gasteiger partial charge in [-0.15, -0.1) is 0 Å². The summed E-state index contributed by atoms with van der Waals surface area (Å²) in [6, 6.07) is 11.6. The van der Waals surface area contributed by atoms with Crippen LogP contribution in [0.5, 0.6) is 0 Å². The highest BCUT2D eigenvalue weighted by Crippen LogP contribution is 2.38. The van der Waals surface area contributed by atoms with E-state index in [1.165, 1.54) is 16.6 Å². The molecule has 4 N–H and O–H groups in total. The maximum Gasteiger partial charge on any atom is 0.319 e. The second-order valence-corrected chi connectivity index (χ2v) is 9.06.